The maximum atomic E-state index is 11.7. The van der Waals surface area contributed by atoms with Gasteiger partial charge < -0.3 is 10.1 Å². The number of aryl methyl sites for hydroxylation is 1. The molecule has 3 nitrogen and oxygen atoms in total. The maximum Gasteiger partial charge on any atom is 0.306 e. The molecule has 106 valence electrons. The lowest BCUT2D eigenvalue weighted by atomic mass is 10.1. The van der Waals surface area contributed by atoms with Gasteiger partial charge in [0.05, 0.1) is 0 Å². The fraction of sp³-hybridized carbons (Fsp3) is 0.562. The summed E-state index contributed by atoms with van der Waals surface area (Å²) in [4.78, 5) is 11.7. The second-order valence-electron chi connectivity index (χ2n) is 5.46. The summed E-state index contributed by atoms with van der Waals surface area (Å²) in [5, 5.41) is 3.36. The van der Waals surface area contributed by atoms with E-state index in [0.29, 0.717) is 13.0 Å². The second kappa shape index (κ2) is 7.95. The van der Waals surface area contributed by atoms with E-state index >= 15 is 0 Å². The third kappa shape index (κ3) is 6.97. The summed E-state index contributed by atoms with van der Waals surface area (Å²) in [6, 6.07) is 10.0. The van der Waals surface area contributed by atoms with Gasteiger partial charge in [-0.2, -0.15) is 0 Å². The van der Waals surface area contributed by atoms with Crippen LogP contribution in [0.5, 0.6) is 0 Å². The lowest BCUT2D eigenvalue weighted by molar-refractivity contribution is -0.145. The van der Waals surface area contributed by atoms with E-state index < -0.39 is 0 Å². The number of carbonyl (C=O) groups excluding carboxylic acids is 1. The van der Waals surface area contributed by atoms with Crippen LogP contribution in [-0.2, 0) is 16.0 Å². The van der Waals surface area contributed by atoms with Crippen LogP contribution in [-0.4, -0.2) is 24.7 Å². The molecule has 1 rings (SSSR count). The van der Waals surface area contributed by atoms with E-state index in [1.165, 1.54) is 5.56 Å². The number of nitrogens with one attached hydrogen (secondary N) is 1. The van der Waals surface area contributed by atoms with Crippen molar-refractivity contribution in [2.75, 3.05) is 13.2 Å². The van der Waals surface area contributed by atoms with Crippen LogP contribution in [0.25, 0.3) is 0 Å². The molecule has 0 fully saturated rings. The maximum absolute atomic E-state index is 11.7. The Morgan fingerprint density at radius 2 is 1.95 bits per heavy atom. The third-order valence-corrected chi connectivity index (χ3v) is 2.91. The summed E-state index contributed by atoms with van der Waals surface area (Å²) < 4.78 is 5.32. The summed E-state index contributed by atoms with van der Waals surface area (Å²) in [5.41, 5.74) is 1.01. The number of hydrogen-bond acceptors (Lipinski definition) is 3. The molecule has 3 heteroatoms. The third-order valence-electron chi connectivity index (χ3n) is 2.91. The van der Waals surface area contributed by atoms with E-state index in [1.807, 2.05) is 44.2 Å². The molecule has 0 aliphatic heterocycles. The standard InChI is InChI=1S/C16H25NO2/c1-4-12-17-16(2,3)13-19-15(18)11-10-14-8-6-5-7-9-14/h5-9,17H,4,10-13H2,1-3H3. The van der Waals surface area contributed by atoms with Crippen molar-refractivity contribution in [1.29, 1.82) is 0 Å². The molecule has 1 aromatic rings. The highest BCUT2D eigenvalue weighted by Gasteiger charge is 2.18. The van der Waals surface area contributed by atoms with Crippen molar-refractivity contribution >= 4 is 5.97 Å². The molecule has 0 saturated heterocycles. The van der Waals surface area contributed by atoms with Gasteiger partial charge in [0, 0.05) is 12.0 Å². The van der Waals surface area contributed by atoms with E-state index in [2.05, 4.69) is 12.2 Å². The molecule has 1 aromatic carbocycles. The zero-order chi connectivity index (χ0) is 14.1. The average Bonchev–Trinajstić information content (AvgIpc) is 2.42. The predicted molar refractivity (Wildman–Crippen MR) is 78.1 cm³/mol. The van der Waals surface area contributed by atoms with Gasteiger partial charge in [-0.15, -0.1) is 0 Å². The first-order valence-electron chi connectivity index (χ1n) is 6.98. The quantitative estimate of drug-likeness (QED) is 0.733. The Labute approximate surface area is 116 Å². The molecule has 0 aliphatic rings. The van der Waals surface area contributed by atoms with Crippen LogP contribution in [0.15, 0.2) is 30.3 Å². The van der Waals surface area contributed by atoms with Crippen molar-refractivity contribution in [3.05, 3.63) is 35.9 Å². The molecule has 1 N–H and O–H groups in total. The largest absolute Gasteiger partial charge is 0.464 e. The molecular weight excluding hydrogens is 238 g/mol. The van der Waals surface area contributed by atoms with Crippen LogP contribution < -0.4 is 5.32 Å². The Kier molecular flexibility index (Phi) is 6.57. The van der Waals surface area contributed by atoms with Crippen LogP contribution in [0.2, 0.25) is 0 Å². The second-order valence-corrected chi connectivity index (χ2v) is 5.46. The molecule has 0 aliphatic carbocycles. The van der Waals surface area contributed by atoms with Crippen molar-refractivity contribution in [2.24, 2.45) is 0 Å². The lowest BCUT2D eigenvalue weighted by Crippen LogP contribution is -2.44. The molecule has 19 heavy (non-hydrogen) atoms. The number of esters is 1. The van der Waals surface area contributed by atoms with Gasteiger partial charge in [0.2, 0.25) is 0 Å². The van der Waals surface area contributed by atoms with Gasteiger partial charge in [-0.3, -0.25) is 4.79 Å². The molecule has 0 unspecified atom stereocenters. The normalized spacial score (nSPS) is 11.3. The molecule has 0 aromatic heterocycles. The van der Waals surface area contributed by atoms with Crippen LogP contribution in [0.1, 0.15) is 39.2 Å². The van der Waals surface area contributed by atoms with E-state index in [1.54, 1.807) is 0 Å². The molecule has 0 saturated carbocycles. The van der Waals surface area contributed by atoms with Gasteiger partial charge in [-0.25, -0.2) is 0 Å². The van der Waals surface area contributed by atoms with E-state index in [-0.39, 0.29) is 11.5 Å². The Balaban J connectivity index is 2.24. The van der Waals surface area contributed by atoms with Crippen LogP contribution in [0.4, 0.5) is 0 Å². The van der Waals surface area contributed by atoms with Crippen molar-refractivity contribution in [3.8, 4) is 0 Å². The number of ether oxygens (including phenoxy) is 1. The number of benzene rings is 1. The highest BCUT2D eigenvalue weighted by atomic mass is 16.5. The smallest absolute Gasteiger partial charge is 0.306 e. The van der Waals surface area contributed by atoms with Gasteiger partial charge >= 0.3 is 5.97 Å². The minimum Gasteiger partial charge on any atom is -0.464 e. The summed E-state index contributed by atoms with van der Waals surface area (Å²) in [6.07, 6.45) is 2.25. The van der Waals surface area contributed by atoms with Crippen LogP contribution in [0, 0.1) is 0 Å². The highest BCUT2D eigenvalue weighted by Crippen LogP contribution is 2.06. The molecule has 0 heterocycles. The van der Waals surface area contributed by atoms with E-state index in [4.69, 9.17) is 4.74 Å². The average molecular weight is 263 g/mol. The first-order valence-corrected chi connectivity index (χ1v) is 6.98. The van der Waals surface area contributed by atoms with Crippen molar-refractivity contribution < 1.29 is 9.53 Å². The van der Waals surface area contributed by atoms with Crippen LogP contribution in [0.3, 0.4) is 0 Å². The summed E-state index contributed by atoms with van der Waals surface area (Å²) in [6.45, 7) is 7.57. The summed E-state index contributed by atoms with van der Waals surface area (Å²) in [5.74, 6) is -0.129. The number of carbonyl (C=O) groups is 1. The summed E-state index contributed by atoms with van der Waals surface area (Å²) in [7, 11) is 0. The molecule has 0 bridgehead atoms. The van der Waals surface area contributed by atoms with Crippen molar-refractivity contribution in [2.45, 2.75) is 45.6 Å². The minimum absolute atomic E-state index is 0.129. The SMILES string of the molecule is CCCNC(C)(C)COC(=O)CCc1ccccc1. The fourth-order valence-electron chi connectivity index (χ4n) is 1.74. The Bertz CT molecular complexity index is 374. The van der Waals surface area contributed by atoms with Gasteiger partial charge in [0.15, 0.2) is 0 Å². The number of rotatable bonds is 8. The molecule has 0 amide bonds. The number of hydrogen-bond donors (Lipinski definition) is 1. The Morgan fingerprint density at radius 3 is 2.58 bits per heavy atom. The molecule has 0 radical (unpaired) electrons. The zero-order valence-electron chi connectivity index (χ0n) is 12.2. The van der Waals surface area contributed by atoms with Gasteiger partial charge in [-0.05, 0) is 38.8 Å². The molecule has 0 atom stereocenters. The highest BCUT2D eigenvalue weighted by molar-refractivity contribution is 5.69. The van der Waals surface area contributed by atoms with Crippen molar-refractivity contribution in [3.63, 3.8) is 0 Å². The monoisotopic (exact) mass is 263 g/mol. The predicted octanol–water partition coefficient (Wildman–Crippen LogP) is 2.94. The Hall–Kier alpha value is -1.35. The van der Waals surface area contributed by atoms with Gasteiger partial charge in [-0.1, -0.05) is 37.3 Å². The van der Waals surface area contributed by atoms with Gasteiger partial charge in [0.1, 0.15) is 6.61 Å². The molecule has 0 spiro atoms. The van der Waals surface area contributed by atoms with E-state index in [0.717, 1.165) is 19.4 Å². The zero-order valence-corrected chi connectivity index (χ0v) is 12.2. The minimum atomic E-state index is -0.154. The van der Waals surface area contributed by atoms with E-state index in [9.17, 15) is 4.79 Å². The lowest BCUT2D eigenvalue weighted by Gasteiger charge is -2.25. The summed E-state index contributed by atoms with van der Waals surface area (Å²) >= 11 is 0. The Morgan fingerprint density at radius 1 is 1.26 bits per heavy atom. The fourth-order valence-corrected chi connectivity index (χ4v) is 1.74. The van der Waals surface area contributed by atoms with Crippen molar-refractivity contribution in [1.82, 2.24) is 5.32 Å². The van der Waals surface area contributed by atoms with Gasteiger partial charge in [0.25, 0.3) is 0 Å². The topological polar surface area (TPSA) is 38.3 Å². The first-order chi connectivity index (χ1) is 9.03. The molecular formula is C16H25NO2. The van der Waals surface area contributed by atoms with Crippen LogP contribution >= 0.6 is 0 Å². The first kappa shape index (κ1) is 15.7.